The fourth-order valence-corrected chi connectivity index (χ4v) is 3.57. The molecule has 0 radical (unpaired) electrons. The molecule has 3 aromatic rings. The summed E-state index contributed by atoms with van der Waals surface area (Å²) in [4.78, 5) is 11.4. The fraction of sp³-hybridized carbons (Fsp3) is 0.222. The number of carbonyl (C=O) groups is 1. The van der Waals surface area contributed by atoms with Gasteiger partial charge in [-0.3, -0.25) is 10.1 Å². The molecule has 3 N–H and O–H groups in total. The van der Waals surface area contributed by atoms with Gasteiger partial charge in [0.25, 0.3) is 0 Å². The summed E-state index contributed by atoms with van der Waals surface area (Å²) in [6, 6.07) is 14.9. The van der Waals surface area contributed by atoms with E-state index in [0.717, 1.165) is 22.8 Å². The van der Waals surface area contributed by atoms with Crippen LogP contribution in [0.4, 0.5) is 17.6 Å². The maximum atomic E-state index is 13.6. The third-order valence-electron chi connectivity index (χ3n) is 5.87. The zero-order valence-electron chi connectivity index (χ0n) is 19.2. The maximum Gasteiger partial charge on any atom is 0.416 e. The Bertz CT molecular complexity index is 1240. The molecule has 0 aromatic heterocycles. The van der Waals surface area contributed by atoms with Gasteiger partial charge in [-0.2, -0.15) is 13.2 Å². The highest BCUT2D eigenvalue weighted by Gasteiger charge is 2.34. The standard InChI is InChI=1S/C27H25F4NO3/c1-17-19(4-3-5-23(17)20-9-11-22(28)12-10-20)7-8-21-14-18(6-13-24(21)27(29,30)31)15-32-26(2,16-33)25(34)35/h3-14,32-33H,15-16H2,1-2H3,(H,34,35). The van der Waals surface area contributed by atoms with E-state index in [2.05, 4.69) is 5.32 Å². The highest BCUT2D eigenvalue weighted by atomic mass is 19.4. The second kappa shape index (κ2) is 10.4. The van der Waals surface area contributed by atoms with Crippen LogP contribution in [0.3, 0.4) is 0 Å². The Morgan fingerprint density at radius 2 is 1.66 bits per heavy atom. The lowest BCUT2D eigenvalue weighted by molar-refractivity contribution is -0.146. The van der Waals surface area contributed by atoms with Gasteiger partial charge in [-0.05, 0) is 71.5 Å². The van der Waals surface area contributed by atoms with Gasteiger partial charge in [0.15, 0.2) is 0 Å². The number of aliphatic hydroxyl groups is 1. The quantitative estimate of drug-likeness (QED) is 0.273. The Labute approximate surface area is 200 Å². The van der Waals surface area contributed by atoms with Gasteiger partial charge < -0.3 is 10.2 Å². The third kappa shape index (κ3) is 6.15. The van der Waals surface area contributed by atoms with Crippen LogP contribution < -0.4 is 5.32 Å². The van der Waals surface area contributed by atoms with Crippen LogP contribution in [0.5, 0.6) is 0 Å². The molecule has 1 atom stereocenters. The summed E-state index contributed by atoms with van der Waals surface area (Å²) in [5.41, 5.74) is 1.03. The number of alkyl halides is 3. The molecular weight excluding hydrogens is 462 g/mol. The smallest absolute Gasteiger partial charge is 0.416 e. The van der Waals surface area contributed by atoms with E-state index in [1.54, 1.807) is 30.3 Å². The van der Waals surface area contributed by atoms with Gasteiger partial charge >= 0.3 is 12.1 Å². The zero-order chi connectivity index (χ0) is 25.8. The Kier molecular flexibility index (Phi) is 7.77. The van der Waals surface area contributed by atoms with Crippen LogP contribution in [0.25, 0.3) is 23.3 Å². The normalized spacial score (nSPS) is 13.7. The molecule has 3 aromatic carbocycles. The van der Waals surface area contributed by atoms with Gasteiger partial charge in [-0.1, -0.05) is 48.6 Å². The van der Waals surface area contributed by atoms with Gasteiger partial charge in [-0.15, -0.1) is 0 Å². The van der Waals surface area contributed by atoms with Crippen molar-refractivity contribution in [2.75, 3.05) is 6.61 Å². The molecule has 8 heteroatoms. The van der Waals surface area contributed by atoms with Crippen molar-refractivity contribution in [2.24, 2.45) is 0 Å². The largest absolute Gasteiger partial charge is 0.480 e. The van der Waals surface area contributed by atoms with Crippen molar-refractivity contribution in [1.82, 2.24) is 5.32 Å². The number of carboxylic acids is 1. The second-order valence-electron chi connectivity index (χ2n) is 8.43. The number of halogens is 4. The Morgan fingerprint density at radius 3 is 2.26 bits per heavy atom. The van der Waals surface area contributed by atoms with Crippen molar-refractivity contribution in [3.05, 3.63) is 94.3 Å². The number of rotatable bonds is 8. The van der Waals surface area contributed by atoms with Crippen LogP contribution in [0.2, 0.25) is 0 Å². The maximum absolute atomic E-state index is 13.6. The number of hydrogen-bond donors (Lipinski definition) is 3. The highest BCUT2D eigenvalue weighted by molar-refractivity contribution is 5.79. The Morgan fingerprint density at radius 1 is 1.00 bits per heavy atom. The molecule has 0 fully saturated rings. The van der Waals surface area contributed by atoms with Crippen LogP contribution in [0, 0.1) is 12.7 Å². The Hall–Kier alpha value is -3.49. The topological polar surface area (TPSA) is 69.6 Å². The molecule has 0 saturated carbocycles. The van der Waals surface area contributed by atoms with Crippen LogP contribution in [0.15, 0.2) is 60.7 Å². The molecule has 35 heavy (non-hydrogen) atoms. The molecule has 0 aliphatic carbocycles. The molecule has 4 nitrogen and oxygen atoms in total. The van der Waals surface area contributed by atoms with E-state index in [1.165, 1.54) is 37.3 Å². The summed E-state index contributed by atoms with van der Waals surface area (Å²) in [5, 5.41) is 21.3. The predicted octanol–water partition coefficient (Wildman–Crippen LogP) is 5.92. The predicted molar refractivity (Wildman–Crippen MR) is 127 cm³/mol. The van der Waals surface area contributed by atoms with E-state index >= 15 is 0 Å². The monoisotopic (exact) mass is 487 g/mol. The van der Waals surface area contributed by atoms with E-state index in [9.17, 15) is 32.6 Å². The summed E-state index contributed by atoms with van der Waals surface area (Å²) < 4.78 is 54.2. The van der Waals surface area contributed by atoms with Crippen molar-refractivity contribution >= 4 is 18.1 Å². The van der Waals surface area contributed by atoms with Crippen molar-refractivity contribution in [3.63, 3.8) is 0 Å². The fourth-order valence-electron chi connectivity index (χ4n) is 3.57. The number of aliphatic hydroxyl groups excluding tert-OH is 1. The van der Waals surface area contributed by atoms with Crippen LogP contribution in [-0.2, 0) is 17.5 Å². The first kappa shape index (κ1) is 26.1. The number of nitrogens with one attached hydrogen (secondary N) is 1. The van der Waals surface area contributed by atoms with E-state index in [4.69, 9.17) is 0 Å². The summed E-state index contributed by atoms with van der Waals surface area (Å²) in [5.74, 6) is -1.64. The second-order valence-corrected chi connectivity index (χ2v) is 8.43. The summed E-state index contributed by atoms with van der Waals surface area (Å²) in [6.07, 6.45) is -1.64. The number of benzene rings is 3. The average Bonchev–Trinajstić information content (AvgIpc) is 2.81. The van der Waals surface area contributed by atoms with Gasteiger partial charge in [0.05, 0.1) is 12.2 Å². The molecule has 0 amide bonds. The molecule has 3 rings (SSSR count). The van der Waals surface area contributed by atoms with Gasteiger partial charge in [0.1, 0.15) is 11.4 Å². The lowest BCUT2D eigenvalue weighted by Crippen LogP contribution is -2.52. The SMILES string of the molecule is Cc1c(C=Cc2cc(CNC(C)(CO)C(=O)O)ccc2C(F)(F)F)cccc1-c1ccc(F)cc1. The van der Waals surface area contributed by atoms with Crippen molar-refractivity contribution in [2.45, 2.75) is 32.1 Å². The van der Waals surface area contributed by atoms with E-state index in [1.807, 2.05) is 13.0 Å². The average molecular weight is 487 g/mol. The van der Waals surface area contributed by atoms with E-state index in [0.29, 0.717) is 11.1 Å². The van der Waals surface area contributed by atoms with Gasteiger partial charge in [0, 0.05) is 6.54 Å². The first-order valence-corrected chi connectivity index (χ1v) is 10.8. The first-order chi connectivity index (χ1) is 16.4. The molecule has 0 heterocycles. The van der Waals surface area contributed by atoms with Crippen molar-refractivity contribution in [1.29, 1.82) is 0 Å². The molecule has 0 aliphatic heterocycles. The van der Waals surface area contributed by atoms with Crippen molar-refractivity contribution in [3.8, 4) is 11.1 Å². The van der Waals surface area contributed by atoms with E-state index < -0.39 is 29.9 Å². The minimum Gasteiger partial charge on any atom is -0.480 e. The molecule has 0 bridgehead atoms. The van der Waals surface area contributed by atoms with Crippen LogP contribution >= 0.6 is 0 Å². The summed E-state index contributed by atoms with van der Waals surface area (Å²) in [7, 11) is 0. The first-order valence-electron chi connectivity index (χ1n) is 10.8. The molecule has 0 saturated heterocycles. The molecule has 1 unspecified atom stereocenters. The Balaban J connectivity index is 1.95. The minimum absolute atomic E-state index is 0.0541. The molecule has 184 valence electrons. The van der Waals surface area contributed by atoms with Crippen LogP contribution in [-0.4, -0.2) is 28.3 Å². The number of aliphatic carboxylic acids is 1. The summed E-state index contributed by atoms with van der Waals surface area (Å²) in [6.45, 7) is 2.39. The zero-order valence-corrected chi connectivity index (χ0v) is 19.2. The van der Waals surface area contributed by atoms with Gasteiger partial charge in [0.2, 0.25) is 0 Å². The number of carboxylic acid groups (broad SMARTS) is 1. The molecule has 0 aliphatic rings. The minimum atomic E-state index is -4.59. The van der Waals surface area contributed by atoms with Crippen LogP contribution in [0.1, 0.15) is 34.7 Å². The van der Waals surface area contributed by atoms with Crippen molar-refractivity contribution < 1.29 is 32.6 Å². The molecule has 0 spiro atoms. The lowest BCUT2D eigenvalue weighted by atomic mass is 9.95. The lowest BCUT2D eigenvalue weighted by Gasteiger charge is -2.24. The molecular formula is C27H25F4NO3. The van der Waals surface area contributed by atoms with E-state index in [-0.39, 0.29) is 17.9 Å². The highest BCUT2D eigenvalue weighted by Crippen LogP contribution is 2.34. The number of hydrogen-bond acceptors (Lipinski definition) is 3. The summed E-state index contributed by atoms with van der Waals surface area (Å²) >= 11 is 0. The van der Waals surface area contributed by atoms with Gasteiger partial charge in [-0.25, -0.2) is 4.39 Å². The third-order valence-corrected chi connectivity index (χ3v) is 5.87.